The zero-order chi connectivity index (χ0) is 12.4. The van der Waals surface area contributed by atoms with Gasteiger partial charge < -0.3 is 9.64 Å². The lowest BCUT2D eigenvalue weighted by atomic mass is 10.2. The zero-order valence-electron chi connectivity index (χ0n) is 9.80. The molecule has 2 aromatic rings. The Labute approximate surface area is 115 Å². The van der Waals surface area contributed by atoms with Crippen molar-refractivity contribution < 1.29 is 4.74 Å². The molecule has 0 atom stereocenters. The Hall–Kier alpha value is -1.26. The third-order valence-corrected chi connectivity index (χ3v) is 4.01. The molecule has 3 nitrogen and oxygen atoms in total. The minimum Gasteiger partial charge on any atom is -0.491 e. The Morgan fingerprint density at radius 1 is 1.39 bits per heavy atom. The number of rotatable bonds is 2. The van der Waals surface area contributed by atoms with Crippen LogP contribution >= 0.6 is 22.9 Å². The average molecular weight is 281 g/mol. The first-order valence-corrected chi connectivity index (χ1v) is 7.09. The number of anilines is 1. The summed E-state index contributed by atoms with van der Waals surface area (Å²) in [5.41, 5.74) is 1.15. The first kappa shape index (κ1) is 11.8. The number of para-hydroxylation sites is 2. The van der Waals surface area contributed by atoms with Crippen LogP contribution in [0.1, 0.15) is 11.3 Å². The number of nitrogens with zero attached hydrogens (tertiary/aromatic N) is 2. The molecule has 0 unspecified atom stereocenters. The van der Waals surface area contributed by atoms with Crippen molar-refractivity contribution in [3.63, 3.8) is 0 Å². The Bertz CT molecular complexity index is 543. The fraction of sp³-hybridized carbons (Fsp3) is 0.308. The Kier molecular flexibility index (Phi) is 3.39. The largest absolute Gasteiger partial charge is 0.491 e. The van der Waals surface area contributed by atoms with E-state index in [0.29, 0.717) is 4.47 Å². The molecule has 0 spiro atoms. The van der Waals surface area contributed by atoms with E-state index in [1.165, 1.54) is 16.2 Å². The van der Waals surface area contributed by atoms with Crippen LogP contribution in [-0.4, -0.2) is 18.1 Å². The maximum atomic E-state index is 5.87. The molecule has 5 heteroatoms. The van der Waals surface area contributed by atoms with E-state index in [2.05, 4.69) is 16.0 Å². The summed E-state index contributed by atoms with van der Waals surface area (Å²) in [6.07, 6.45) is 2.88. The molecule has 0 saturated carbocycles. The summed E-state index contributed by atoms with van der Waals surface area (Å²) in [5.74, 6) is 0.964. The summed E-state index contributed by atoms with van der Waals surface area (Å²) in [5, 5.41) is 0. The summed E-state index contributed by atoms with van der Waals surface area (Å²) in [6.45, 7) is 2.61. The number of thiazole rings is 1. The molecule has 0 fully saturated rings. The van der Waals surface area contributed by atoms with E-state index in [1.807, 2.05) is 24.4 Å². The summed E-state index contributed by atoms with van der Waals surface area (Å²) in [6, 6.07) is 8.17. The highest BCUT2D eigenvalue weighted by Gasteiger charge is 2.16. The van der Waals surface area contributed by atoms with Gasteiger partial charge in [-0.25, -0.2) is 4.98 Å². The van der Waals surface area contributed by atoms with E-state index >= 15 is 0 Å². The minimum absolute atomic E-state index is 0.601. The summed E-state index contributed by atoms with van der Waals surface area (Å²) >= 11 is 7.41. The van der Waals surface area contributed by atoms with Gasteiger partial charge in [-0.2, -0.15) is 0 Å². The molecular formula is C13H13ClN2OS. The van der Waals surface area contributed by atoms with Crippen molar-refractivity contribution >= 4 is 28.6 Å². The fourth-order valence-electron chi connectivity index (χ4n) is 2.11. The van der Waals surface area contributed by atoms with Gasteiger partial charge in [0.15, 0.2) is 4.47 Å². The highest BCUT2D eigenvalue weighted by atomic mass is 35.5. The minimum atomic E-state index is 0.601. The average Bonchev–Trinajstić information content (AvgIpc) is 2.68. The standard InChI is InChI=1S/C13H13ClN2OS/c14-13-15-8-10(18-13)9-16-6-3-7-17-12-5-2-1-4-11(12)16/h1-2,4-5,8H,3,6-7,9H2. The highest BCUT2D eigenvalue weighted by Crippen LogP contribution is 2.32. The van der Waals surface area contributed by atoms with E-state index in [-0.39, 0.29) is 0 Å². The second kappa shape index (κ2) is 5.16. The first-order valence-electron chi connectivity index (χ1n) is 5.90. The van der Waals surface area contributed by atoms with Crippen LogP contribution in [0.5, 0.6) is 5.75 Å². The van der Waals surface area contributed by atoms with Gasteiger partial charge >= 0.3 is 0 Å². The molecule has 1 aliphatic rings. The molecule has 1 aliphatic heterocycles. The number of fused-ring (bicyclic) bond motifs is 1. The number of hydrogen-bond donors (Lipinski definition) is 0. The third kappa shape index (κ3) is 2.44. The second-order valence-electron chi connectivity index (χ2n) is 4.17. The van der Waals surface area contributed by atoms with Crippen LogP contribution in [0.25, 0.3) is 0 Å². The lowest BCUT2D eigenvalue weighted by Crippen LogP contribution is -2.22. The quantitative estimate of drug-likeness (QED) is 0.841. The third-order valence-electron chi connectivity index (χ3n) is 2.91. The summed E-state index contributed by atoms with van der Waals surface area (Å²) in [4.78, 5) is 7.59. The molecule has 94 valence electrons. The predicted octanol–water partition coefficient (Wildman–Crippen LogP) is 3.59. The SMILES string of the molecule is Clc1ncc(CN2CCCOc3ccccc32)s1. The van der Waals surface area contributed by atoms with Gasteiger partial charge in [0.25, 0.3) is 0 Å². The van der Waals surface area contributed by atoms with Crippen molar-refractivity contribution in [2.75, 3.05) is 18.1 Å². The number of halogens is 1. The van der Waals surface area contributed by atoms with Gasteiger partial charge in [0.2, 0.25) is 0 Å². The number of hydrogen-bond acceptors (Lipinski definition) is 4. The van der Waals surface area contributed by atoms with Gasteiger partial charge in [0.1, 0.15) is 5.75 Å². The molecule has 0 radical (unpaired) electrons. The summed E-state index contributed by atoms with van der Waals surface area (Å²) < 4.78 is 6.34. The van der Waals surface area contributed by atoms with Crippen LogP contribution in [0.3, 0.4) is 0 Å². The van der Waals surface area contributed by atoms with Crippen LogP contribution in [0.2, 0.25) is 4.47 Å². The Morgan fingerprint density at radius 2 is 2.28 bits per heavy atom. The molecule has 1 aromatic carbocycles. The second-order valence-corrected chi connectivity index (χ2v) is 5.87. The molecule has 0 saturated heterocycles. The number of aromatic nitrogens is 1. The van der Waals surface area contributed by atoms with E-state index in [1.54, 1.807) is 0 Å². The lowest BCUT2D eigenvalue weighted by molar-refractivity contribution is 0.322. The molecule has 18 heavy (non-hydrogen) atoms. The van der Waals surface area contributed by atoms with Crippen molar-refractivity contribution in [2.24, 2.45) is 0 Å². The predicted molar refractivity (Wildman–Crippen MR) is 74.7 cm³/mol. The highest BCUT2D eigenvalue weighted by molar-refractivity contribution is 7.15. The van der Waals surface area contributed by atoms with Crippen LogP contribution in [0.4, 0.5) is 5.69 Å². The Morgan fingerprint density at radius 3 is 3.11 bits per heavy atom. The monoisotopic (exact) mass is 280 g/mol. The normalized spacial score (nSPS) is 14.8. The number of ether oxygens (including phenoxy) is 1. The van der Waals surface area contributed by atoms with Gasteiger partial charge in [-0.1, -0.05) is 23.7 Å². The van der Waals surface area contributed by atoms with Gasteiger partial charge in [-0.3, -0.25) is 0 Å². The molecule has 0 aliphatic carbocycles. The molecular weight excluding hydrogens is 268 g/mol. The van der Waals surface area contributed by atoms with E-state index in [0.717, 1.165) is 37.6 Å². The van der Waals surface area contributed by atoms with E-state index < -0.39 is 0 Å². The van der Waals surface area contributed by atoms with Crippen molar-refractivity contribution in [2.45, 2.75) is 13.0 Å². The van der Waals surface area contributed by atoms with Crippen molar-refractivity contribution in [1.29, 1.82) is 0 Å². The fourth-order valence-corrected chi connectivity index (χ4v) is 3.10. The molecule has 3 rings (SSSR count). The van der Waals surface area contributed by atoms with Crippen LogP contribution in [0.15, 0.2) is 30.5 Å². The van der Waals surface area contributed by atoms with Crippen LogP contribution in [0, 0.1) is 0 Å². The Balaban J connectivity index is 1.87. The molecule has 0 bridgehead atoms. The van der Waals surface area contributed by atoms with E-state index in [9.17, 15) is 0 Å². The topological polar surface area (TPSA) is 25.4 Å². The van der Waals surface area contributed by atoms with Gasteiger partial charge in [0.05, 0.1) is 18.8 Å². The van der Waals surface area contributed by atoms with E-state index in [4.69, 9.17) is 16.3 Å². The van der Waals surface area contributed by atoms with Crippen molar-refractivity contribution in [3.05, 3.63) is 39.8 Å². The van der Waals surface area contributed by atoms with Crippen LogP contribution < -0.4 is 9.64 Å². The maximum absolute atomic E-state index is 5.87. The smallest absolute Gasteiger partial charge is 0.183 e. The van der Waals surface area contributed by atoms with Crippen molar-refractivity contribution in [3.8, 4) is 5.75 Å². The molecule has 1 aromatic heterocycles. The van der Waals surface area contributed by atoms with Crippen LogP contribution in [-0.2, 0) is 6.54 Å². The molecule has 0 amide bonds. The number of benzene rings is 1. The summed E-state index contributed by atoms with van der Waals surface area (Å²) in [7, 11) is 0. The first-order chi connectivity index (χ1) is 8.83. The van der Waals surface area contributed by atoms with Gasteiger partial charge in [0, 0.05) is 17.6 Å². The lowest BCUT2D eigenvalue weighted by Gasteiger charge is -2.22. The van der Waals surface area contributed by atoms with Gasteiger partial charge in [-0.05, 0) is 18.6 Å². The van der Waals surface area contributed by atoms with Crippen molar-refractivity contribution in [1.82, 2.24) is 4.98 Å². The molecule has 0 N–H and O–H groups in total. The molecule has 2 heterocycles. The zero-order valence-corrected chi connectivity index (χ0v) is 11.4. The maximum Gasteiger partial charge on any atom is 0.183 e. The van der Waals surface area contributed by atoms with Gasteiger partial charge in [-0.15, -0.1) is 11.3 Å².